The fourth-order valence-corrected chi connectivity index (χ4v) is 2.25. The van der Waals surface area contributed by atoms with Crippen LogP contribution in [0.2, 0.25) is 0 Å². The van der Waals surface area contributed by atoms with Crippen LogP contribution in [0.1, 0.15) is 10.9 Å². The van der Waals surface area contributed by atoms with E-state index in [2.05, 4.69) is 0 Å². The van der Waals surface area contributed by atoms with E-state index < -0.39 is 0 Å². The van der Waals surface area contributed by atoms with E-state index in [1.165, 1.54) is 0 Å². The molecule has 1 aliphatic heterocycles. The third-order valence-corrected chi connectivity index (χ3v) is 3.42. The number of hydrogen-bond donors (Lipinski definition) is 0. The fraction of sp³-hybridized carbons (Fsp3) is 0.538. The minimum absolute atomic E-state index is 0.165. The molecule has 2 rings (SSSR count). The van der Waals surface area contributed by atoms with Crippen molar-refractivity contribution < 1.29 is 18.9 Å². The van der Waals surface area contributed by atoms with Gasteiger partial charge in [0.2, 0.25) is 0 Å². The summed E-state index contributed by atoms with van der Waals surface area (Å²) in [6, 6.07) is 5.55. The highest BCUT2D eigenvalue weighted by molar-refractivity contribution is 6.21. The van der Waals surface area contributed by atoms with E-state index in [1.807, 2.05) is 18.2 Å². The quantitative estimate of drug-likeness (QED) is 0.789. The molecule has 4 nitrogen and oxygen atoms in total. The maximum absolute atomic E-state index is 6.46. The van der Waals surface area contributed by atoms with Crippen LogP contribution in [0, 0.1) is 0 Å². The maximum Gasteiger partial charge on any atom is 0.123 e. The first-order valence-corrected chi connectivity index (χ1v) is 6.25. The second-order valence-corrected chi connectivity index (χ2v) is 4.46. The van der Waals surface area contributed by atoms with Crippen molar-refractivity contribution >= 4 is 11.6 Å². The lowest BCUT2D eigenvalue weighted by Gasteiger charge is -2.27. The molecule has 2 unspecified atom stereocenters. The molecule has 1 fully saturated rings. The summed E-state index contributed by atoms with van der Waals surface area (Å²) in [4.78, 5) is 0. The van der Waals surface area contributed by atoms with Crippen LogP contribution in [0.4, 0.5) is 0 Å². The molecule has 1 aliphatic rings. The topological polar surface area (TPSA) is 36.9 Å². The Labute approximate surface area is 112 Å². The Morgan fingerprint density at radius 1 is 1.28 bits per heavy atom. The first kappa shape index (κ1) is 13.5. The van der Waals surface area contributed by atoms with Crippen molar-refractivity contribution in [1.82, 2.24) is 0 Å². The van der Waals surface area contributed by atoms with Gasteiger partial charge >= 0.3 is 0 Å². The van der Waals surface area contributed by atoms with Crippen molar-refractivity contribution in [2.24, 2.45) is 0 Å². The Morgan fingerprint density at radius 3 is 2.72 bits per heavy atom. The monoisotopic (exact) mass is 272 g/mol. The number of hydrogen-bond acceptors (Lipinski definition) is 4. The molecule has 0 N–H and O–H groups in total. The first-order chi connectivity index (χ1) is 8.76. The van der Waals surface area contributed by atoms with Crippen molar-refractivity contribution in [3.8, 4) is 11.5 Å². The van der Waals surface area contributed by atoms with Crippen molar-refractivity contribution in [1.29, 1.82) is 0 Å². The van der Waals surface area contributed by atoms with E-state index in [0.29, 0.717) is 19.8 Å². The summed E-state index contributed by atoms with van der Waals surface area (Å²) >= 11 is 6.46. The number of benzene rings is 1. The molecule has 0 amide bonds. The van der Waals surface area contributed by atoms with Gasteiger partial charge in [0.05, 0.1) is 39.4 Å². The van der Waals surface area contributed by atoms with Gasteiger partial charge < -0.3 is 18.9 Å². The fourth-order valence-electron chi connectivity index (χ4n) is 1.93. The van der Waals surface area contributed by atoms with Crippen LogP contribution in [0.5, 0.6) is 11.5 Å². The van der Waals surface area contributed by atoms with Crippen LogP contribution >= 0.6 is 11.6 Å². The summed E-state index contributed by atoms with van der Waals surface area (Å²) in [6.07, 6.45) is -0.165. The number of rotatable bonds is 4. The molecule has 18 heavy (non-hydrogen) atoms. The molecule has 1 saturated heterocycles. The molecule has 0 aliphatic carbocycles. The lowest BCUT2D eigenvalue weighted by Crippen LogP contribution is -2.32. The molecule has 1 heterocycles. The number of halogens is 1. The van der Waals surface area contributed by atoms with Gasteiger partial charge in [0.15, 0.2) is 0 Å². The summed E-state index contributed by atoms with van der Waals surface area (Å²) < 4.78 is 21.5. The highest BCUT2D eigenvalue weighted by Crippen LogP contribution is 2.36. The highest BCUT2D eigenvalue weighted by atomic mass is 35.5. The normalized spacial score (nSPS) is 21.4. The average Bonchev–Trinajstić information content (AvgIpc) is 2.46. The van der Waals surface area contributed by atoms with Gasteiger partial charge in [0.1, 0.15) is 17.6 Å². The molecule has 0 aromatic heterocycles. The van der Waals surface area contributed by atoms with Crippen molar-refractivity contribution in [2.75, 3.05) is 34.0 Å². The lowest BCUT2D eigenvalue weighted by molar-refractivity contribution is -0.0893. The molecule has 0 saturated carbocycles. The van der Waals surface area contributed by atoms with Gasteiger partial charge in [-0.2, -0.15) is 0 Å². The molecule has 100 valence electrons. The van der Waals surface area contributed by atoms with Crippen LogP contribution < -0.4 is 9.47 Å². The first-order valence-electron chi connectivity index (χ1n) is 5.81. The number of methoxy groups -OCH3 is 2. The Morgan fingerprint density at radius 2 is 2.11 bits per heavy atom. The maximum atomic E-state index is 6.46. The zero-order valence-corrected chi connectivity index (χ0v) is 11.3. The second kappa shape index (κ2) is 6.27. The van der Waals surface area contributed by atoms with Crippen LogP contribution in [0.3, 0.4) is 0 Å². The van der Waals surface area contributed by atoms with Gasteiger partial charge in [0, 0.05) is 5.56 Å². The summed E-state index contributed by atoms with van der Waals surface area (Å²) in [5.74, 6) is 1.47. The molecule has 0 spiro atoms. The molecule has 5 heteroatoms. The predicted octanol–water partition coefficient (Wildman–Crippen LogP) is 2.40. The van der Waals surface area contributed by atoms with E-state index in [0.717, 1.165) is 17.1 Å². The van der Waals surface area contributed by atoms with Crippen molar-refractivity contribution in [3.05, 3.63) is 23.8 Å². The lowest BCUT2D eigenvalue weighted by atomic mass is 10.1. The highest BCUT2D eigenvalue weighted by Gasteiger charge is 2.27. The largest absolute Gasteiger partial charge is 0.497 e. The van der Waals surface area contributed by atoms with Gasteiger partial charge in [-0.15, -0.1) is 11.6 Å². The van der Waals surface area contributed by atoms with Gasteiger partial charge in [0.25, 0.3) is 0 Å². The van der Waals surface area contributed by atoms with E-state index in [9.17, 15) is 0 Å². The van der Waals surface area contributed by atoms with E-state index in [4.69, 9.17) is 30.5 Å². The SMILES string of the molecule is COc1ccc(OC)c(C(Cl)C2COCCO2)c1. The molecular formula is C13H17ClO4. The van der Waals surface area contributed by atoms with Gasteiger partial charge in [-0.1, -0.05) is 0 Å². The van der Waals surface area contributed by atoms with Crippen molar-refractivity contribution in [2.45, 2.75) is 11.5 Å². The summed E-state index contributed by atoms with van der Waals surface area (Å²) in [5, 5.41) is -0.324. The van der Waals surface area contributed by atoms with Crippen LogP contribution in [0.15, 0.2) is 18.2 Å². The Balaban J connectivity index is 2.23. The smallest absolute Gasteiger partial charge is 0.123 e. The van der Waals surface area contributed by atoms with Gasteiger partial charge in [-0.25, -0.2) is 0 Å². The van der Waals surface area contributed by atoms with Crippen molar-refractivity contribution in [3.63, 3.8) is 0 Å². The van der Waals surface area contributed by atoms with Crippen LogP contribution in [0.25, 0.3) is 0 Å². The third kappa shape index (κ3) is 2.88. The van der Waals surface area contributed by atoms with E-state index >= 15 is 0 Å². The Kier molecular flexibility index (Phi) is 4.69. The summed E-state index contributed by atoms with van der Waals surface area (Å²) in [5.41, 5.74) is 0.856. The van der Waals surface area contributed by atoms with Gasteiger partial charge in [-0.05, 0) is 18.2 Å². The van der Waals surface area contributed by atoms with Crippen LogP contribution in [-0.4, -0.2) is 40.1 Å². The molecule has 0 radical (unpaired) electrons. The minimum atomic E-state index is -0.324. The standard InChI is InChI=1S/C13H17ClO4/c1-15-9-3-4-11(16-2)10(7-9)13(14)12-8-17-5-6-18-12/h3-4,7,12-13H,5-6,8H2,1-2H3. The average molecular weight is 273 g/mol. The molecular weight excluding hydrogens is 256 g/mol. The van der Waals surface area contributed by atoms with Gasteiger partial charge in [-0.3, -0.25) is 0 Å². The molecule has 2 atom stereocenters. The molecule has 0 bridgehead atoms. The second-order valence-electron chi connectivity index (χ2n) is 3.99. The predicted molar refractivity (Wildman–Crippen MR) is 68.7 cm³/mol. The number of ether oxygens (including phenoxy) is 4. The zero-order chi connectivity index (χ0) is 13.0. The minimum Gasteiger partial charge on any atom is -0.497 e. The van der Waals surface area contributed by atoms with E-state index in [-0.39, 0.29) is 11.5 Å². The Bertz CT molecular complexity index is 391. The van der Waals surface area contributed by atoms with Crippen LogP contribution in [-0.2, 0) is 9.47 Å². The molecule has 1 aromatic rings. The zero-order valence-electron chi connectivity index (χ0n) is 10.5. The van der Waals surface area contributed by atoms with E-state index in [1.54, 1.807) is 14.2 Å². The molecule has 1 aromatic carbocycles. The summed E-state index contributed by atoms with van der Waals surface area (Å²) in [6.45, 7) is 1.68. The number of alkyl halides is 1. The Hall–Kier alpha value is -0.970. The summed E-state index contributed by atoms with van der Waals surface area (Å²) in [7, 11) is 3.24. The third-order valence-electron chi connectivity index (χ3n) is 2.90.